The van der Waals surface area contributed by atoms with Gasteiger partial charge in [-0.1, -0.05) is 0 Å². The van der Waals surface area contributed by atoms with E-state index in [1.165, 1.54) is 0 Å². The molecule has 8 heteroatoms. The van der Waals surface area contributed by atoms with Crippen molar-refractivity contribution in [3.8, 4) is 0 Å². The van der Waals surface area contributed by atoms with Crippen molar-refractivity contribution in [3.05, 3.63) is 0 Å². The summed E-state index contributed by atoms with van der Waals surface area (Å²) >= 11 is 0. The topological polar surface area (TPSA) is 109 Å². The first kappa shape index (κ1) is 12.8. The highest BCUT2D eigenvalue weighted by molar-refractivity contribution is 5.42. The number of nitrogens with one attached hydrogen (secondary N) is 1. The number of hydrogen-bond donors (Lipinski definition) is 3. The van der Waals surface area contributed by atoms with Gasteiger partial charge in [0.25, 0.3) is 0 Å². The zero-order valence-electron chi connectivity index (χ0n) is 10.3. The van der Waals surface area contributed by atoms with E-state index in [0.717, 1.165) is 13.1 Å². The van der Waals surface area contributed by atoms with Gasteiger partial charge in [-0.3, -0.25) is 0 Å². The molecule has 0 radical (unpaired) electrons. The summed E-state index contributed by atoms with van der Waals surface area (Å²) in [5, 5.41) is 12.1. The number of aliphatic hydroxyl groups is 1. The molecule has 1 unspecified atom stereocenters. The Hall–Kier alpha value is -1.67. The smallest absolute Gasteiger partial charge is 0.232 e. The number of nitrogen functional groups attached to an aromatic ring is 1. The molecule has 1 aromatic rings. The van der Waals surface area contributed by atoms with Crippen LogP contribution in [-0.2, 0) is 4.74 Å². The maximum atomic E-state index is 9.21. The molecule has 0 bridgehead atoms. The fraction of sp³-hybridized carbons (Fsp3) is 0.700. The average molecular weight is 254 g/mol. The van der Waals surface area contributed by atoms with E-state index < -0.39 is 6.10 Å². The van der Waals surface area contributed by atoms with Crippen LogP contribution < -0.4 is 16.0 Å². The van der Waals surface area contributed by atoms with Gasteiger partial charge < -0.3 is 25.8 Å². The zero-order chi connectivity index (χ0) is 13.0. The number of nitrogens with zero attached hydrogens (tertiary/aromatic N) is 4. The molecule has 18 heavy (non-hydrogen) atoms. The fourth-order valence-electron chi connectivity index (χ4n) is 1.60. The van der Waals surface area contributed by atoms with Crippen LogP contribution in [-0.4, -0.2) is 59.0 Å². The molecule has 1 atom stereocenters. The van der Waals surface area contributed by atoms with Gasteiger partial charge in [-0.25, -0.2) is 0 Å². The Morgan fingerprint density at radius 1 is 1.39 bits per heavy atom. The van der Waals surface area contributed by atoms with E-state index in [1.54, 1.807) is 6.92 Å². The second-order valence-corrected chi connectivity index (χ2v) is 4.15. The van der Waals surface area contributed by atoms with Crippen molar-refractivity contribution in [2.75, 3.05) is 48.8 Å². The van der Waals surface area contributed by atoms with Gasteiger partial charge in [0, 0.05) is 19.6 Å². The van der Waals surface area contributed by atoms with Crippen molar-refractivity contribution in [1.82, 2.24) is 15.0 Å². The molecule has 2 rings (SSSR count). The van der Waals surface area contributed by atoms with Crippen molar-refractivity contribution < 1.29 is 9.84 Å². The quantitative estimate of drug-likeness (QED) is 0.633. The Morgan fingerprint density at radius 3 is 2.78 bits per heavy atom. The first-order valence-corrected chi connectivity index (χ1v) is 5.91. The predicted molar refractivity (Wildman–Crippen MR) is 67.4 cm³/mol. The summed E-state index contributed by atoms with van der Waals surface area (Å²) in [5.41, 5.74) is 5.65. The van der Waals surface area contributed by atoms with Gasteiger partial charge in [-0.15, -0.1) is 0 Å². The van der Waals surface area contributed by atoms with Crippen LogP contribution in [0.5, 0.6) is 0 Å². The zero-order valence-corrected chi connectivity index (χ0v) is 10.3. The van der Waals surface area contributed by atoms with Gasteiger partial charge in [-0.2, -0.15) is 15.0 Å². The van der Waals surface area contributed by atoms with Crippen LogP contribution in [0.1, 0.15) is 6.92 Å². The maximum Gasteiger partial charge on any atom is 0.232 e. The Morgan fingerprint density at radius 2 is 2.11 bits per heavy atom. The molecule has 1 saturated heterocycles. The number of morpholine rings is 1. The summed E-state index contributed by atoms with van der Waals surface area (Å²) in [7, 11) is 0. The number of rotatable bonds is 4. The van der Waals surface area contributed by atoms with Crippen LogP contribution >= 0.6 is 0 Å². The van der Waals surface area contributed by atoms with Crippen molar-refractivity contribution >= 4 is 17.8 Å². The van der Waals surface area contributed by atoms with Crippen LogP contribution in [0, 0.1) is 0 Å². The average Bonchev–Trinajstić information content (AvgIpc) is 2.37. The van der Waals surface area contributed by atoms with Gasteiger partial charge in [0.1, 0.15) is 0 Å². The lowest BCUT2D eigenvalue weighted by Crippen LogP contribution is -2.37. The molecule has 1 fully saturated rings. The van der Waals surface area contributed by atoms with Crippen molar-refractivity contribution in [3.63, 3.8) is 0 Å². The van der Waals surface area contributed by atoms with Crippen molar-refractivity contribution in [1.29, 1.82) is 0 Å². The number of aromatic nitrogens is 3. The van der Waals surface area contributed by atoms with Gasteiger partial charge >= 0.3 is 0 Å². The molecule has 0 aliphatic carbocycles. The lowest BCUT2D eigenvalue weighted by Gasteiger charge is -2.26. The fourth-order valence-corrected chi connectivity index (χ4v) is 1.60. The van der Waals surface area contributed by atoms with E-state index >= 15 is 0 Å². The van der Waals surface area contributed by atoms with Crippen LogP contribution in [0.4, 0.5) is 17.8 Å². The Balaban J connectivity index is 2.09. The van der Waals surface area contributed by atoms with Gasteiger partial charge in [0.15, 0.2) is 0 Å². The summed E-state index contributed by atoms with van der Waals surface area (Å²) in [6, 6.07) is 0. The molecule has 100 valence electrons. The molecular formula is C10H18N6O2. The molecule has 4 N–H and O–H groups in total. The summed E-state index contributed by atoms with van der Waals surface area (Å²) in [5.74, 6) is 1.09. The highest BCUT2D eigenvalue weighted by Crippen LogP contribution is 2.13. The molecular weight excluding hydrogens is 236 g/mol. The Bertz CT molecular complexity index is 394. The van der Waals surface area contributed by atoms with Crippen LogP contribution in [0.3, 0.4) is 0 Å². The molecule has 1 aliphatic heterocycles. The predicted octanol–water partition coefficient (Wildman–Crippen LogP) is -0.917. The standard InChI is InChI=1S/C10H18N6O2/c1-7(17)6-12-9-13-8(11)14-10(15-9)16-2-4-18-5-3-16/h7,17H,2-6H2,1H3,(H3,11,12,13,14,15). The molecule has 0 aromatic carbocycles. The monoisotopic (exact) mass is 254 g/mol. The van der Waals surface area contributed by atoms with E-state index in [2.05, 4.69) is 20.3 Å². The molecule has 0 spiro atoms. The molecule has 1 aromatic heterocycles. The van der Waals surface area contributed by atoms with Gasteiger partial charge in [0.05, 0.1) is 19.3 Å². The number of hydrogen-bond acceptors (Lipinski definition) is 8. The number of aliphatic hydroxyl groups excluding tert-OH is 1. The largest absolute Gasteiger partial charge is 0.392 e. The maximum absolute atomic E-state index is 9.21. The number of nitrogens with two attached hydrogens (primary N) is 1. The SMILES string of the molecule is CC(O)CNc1nc(N)nc(N2CCOCC2)n1. The molecule has 2 heterocycles. The van der Waals surface area contributed by atoms with E-state index in [0.29, 0.717) is 31.7 Å². The minimum absolute atomic E-state index is 0.166. The number of ether oxygens (including phenoxy) is 1. The highest BCUT2D eigenvalue weighted by atomic mass is 16.5. The molecule has 8 nitrogen and oxygen atoms in total. The van der Waals surface area contributed by atoms with Crippen LogP contribution in [0.25, 0.3) is 0 Å². The summed E-state index contributed by atoms with van der Waals surface area (Å²) in [4.78, 5) is 14.4. The first-order chi connectivity index (χ1) is 8.65. The van der Waals surface area contributed by atoms with Crippen molar-refractivity contribution in [2.24, 2.45) is 0 Å². The van der Waals surface area contributed by atoms with Crippen LogP contribution in [0.2, 0.25) is 0 Å². The minimum atomic E-state index is -0.477. The Kier molecular flexibility index (Phi) is 4.11. The molecule has 0 saturated carbocycles. The minimum Gasteiger partial charge on any atom is -0.392 e. The molecule has 1 aliphatic rings. The van der Waals surface area contributed by atoms with E-state index in [1.807, 2.05) is 4.90 Å². The third kappa shape index (κ3) is 3.41. The van der Waals surface area contributed by atoms with Crippen LogP contribution in [0.15, 0.2) is 0 Å². The van der Waals surface area contributed by atoms with E-state index in [4.69, 9.17) is 10.5 Å². The summed E-state index contributed by atoms with van der Waals surface area (Å²) < 4.78 is 5.27. The lowest BCUT2D eigenvalue weighted by molar-refractivity contribution is 0.122. The lowest BCUT2D eigenvalue weighted by atomic mass is 10.4. The second kappa shape index (κ2) is 5.78. The van der Waals surface area contributed by atoms with Gasteiger partial charge in [0.2, 0.25) is 17.8 Å². The normalized spacial score (nSPS) is 17.6. The first-order valence-electron chi connectivity index (χ1n) is 5.91. The second-order valence-electron chi connectivity index (χ2n) is 4.15. The summed E-state index contributed by atoms with van der Waals surface area (Å²) in [6.45, 7) is 4.83. The highest BCUT2D eigenvalue weighted by Gasteiger charge is 2.15. The third-order valence-corrected chi connectivity index (χ3v) is 2.49. The Labute approximate surface area is 105 Å². The van der Waals surface area contributed by atoms with Gasteiger partial charge in [-0.05, 0) is 6.92 Å². The third-order valence-electron chi connectivity index (χ3n) is 2.49. The van der Waals surface area contributed by atoms with E-state index in [-0.39, 0.29) is 5.95 Å². The number of anilines is 3. The van der Waals surface area contributed by atoms with E-state index in [9.17, 15) is 5.11 Å². The summed E-state index contributed by atoms with van der Waals surface area (Å²) in [6.07, 6.45) is -0.477. The van der Waals surface area contributed by atoms with Crippen molar-refractivity contribution in [2.45, 2.75) is 13.0 Å². The molecule has 0 amide bonds.